The van der Waals surface area contributed by atoms with Crippen LogP contribution in [0.1, 0.15) is 47.0 Å². The van der Waals surface area contributed by atoms with Crippen LogP contribution in [0.3, 0.4) is 0 Å². The third-order valence-electron chi connectivity index (χ3n) is 4.50. The minimum atomic E-state index is -1.13. The lowest BCUT2D eigenvalue weighted by Gasteiger charge is -2.35. The van der Waals surface area contributed by atoms with Crippen LogP contribution in [0.5, 0.6) is 0 Å². The molecule has 0 fully saturated rings. The van der Waals surface area contributed by atoms with Crippen molar-refractivity contribution in [3.05, 3.63) is 12.7 Å². The molecule has 0 spiro atoms. The lowest BCUT2D eigenvalue weighted by atomic mass is 9.70. The van der Waals surface area contributed by atoms with Crippen molar-refractivity contribution in [3.8, 4) is 0 Å². The highest BCUT2D eigenvalue weighted by Gasteiger charge is 2.44. The Bertz CT molecular complexity index is 488. The van der Waals surface area contributed by atoms with E-state index in [0.717, 1.165) is 6.08 Å². The van der Waals surface area contributed by atoms with Gasteiger partial charge >= 0.3 is 17.9 Å². The molecule has 0 aliphatic rings. The molecule has 0 saturated heterocycles. The summed E-state index contributed by atoms with van der Waals surface area (Å²) in [5.41, 5.74) is -1.72. The van der Waals surface area contributed by atoms with Crippen molar-refractivity contribution in [3.63, 3.8) is 0 Å². The first-order valence-corrected chi connectivity index (χ1v) is 8.31. The predicted octanol–water partition coefficient (Wildman–Crippen LogP) is 2.02. The molecule has 7 heteroatoms. The molecule has 0 radical (unpaired) electrons. The van der Waals surface area contributed by atoms with Crippen LogP contribution in [0, 0.1) is 10.8 Å². The van der Waals surface area contributed by atoms with Crippen LogP contribution >= 0.6 is 0 Å². The van der Waals surface area contributed by atoms with E-state index < -0.39 is 28.9 Å². The number of hydrogen-bond acceptors (Lipinski definition) is 7. The van der Waals surface area contributed by atoms with Crippen molar-refractivity contribution >= 4 is 17.9 Å². The lowest BCUT2D eigenvalue weighted by molar-refractivity contribution is -0.165. The Morgan fingerprint density at radius 2 is 1.52 bits per heavy atom. The van der Waals surface area contributed by atoms with Gasteiger partial charge in [-0.1, -0.05) is 20.4 Å². The van der Waals surface area contributed by atoms with Crippen molar-refractivity contribution in [2.45, 2.75) is 53.1 Å². The Balaban J connectivity index is 4.84. The smallest absolute Gasteiger partial charge is 0.330 e. The van der Waals surface area contributed by atoms with Crippen molar-refractivity contribution in [1.29, 1.82) is 0 Å². The molecule has 0 aliphatic carbocycles. The summed E-state index contributed by atoms with van der Waals surface area (Å²) in [6, 6.07) is 0. The van der Waals surface area contributed by atoms with Gasteiger partial charge in [-0.2, -0.15) is 0 Å². The van der Waals surface area contributed by atoms with Crippen molar-refractivity contribution in [2.75, 3.05) is 20.3 Å². The van der Waals surface area contributed by atoms with Gasteiger partial charge in [-0.3, -0.25) is 9.59 Å². The minimum absolute atomic E-state index is 0.264. The molecule has 7 nitrogen and oxygen atoms in total. The van der Waals surface area contributed by atoms with E-state index in [4.69, 9.17) is 9.47 Å². The predicted molar refractivity (Wildman–Crippen MR) is 91.6 cm³/mol. The fourth-order valence-corrected chi connectivity index (χ4v) is 2.42. The first-order chi connectivity index (χ1) is 11.6. The molecule has 0 heterocycles. The number of aliphatic hydroxyl groups is 1. The first-order valence-electron chi connectivity index (χ1n) is 8.31. The molecule has 0 aromatic carbocycles. The van der Waals surface area contributed by atoms with Gasteiger partial charge in [-0.25, -0.2) is 4.79 Å². The minimum Gasteiger partial charge on any atom is -0.469 e. The van der Waals surface area contributed by atoms with Crippen LogP contribution in [0.4, 0.5) is 0 Å². The van der Waals surface area contributed by atoms with Crippen LogP contribution in [-0.4, -0.2) is 49.4 Å². The number of methoxy groups -OCH3 is 1. The first kappa shape index (κ1) is 23.1. The zero-order valence-electron chi connectivity index (χ0n) is 15.8. The number of carbonyl (C=O) groups excluding carboxylic acids is 3. The van der Waals surface area contributed by atoms with Crippen LogP contribution in [-0.2, 0) is 28.6 Å². The van der Waals surface area contributed by atoms with E-state index in [9.17, 15) is 19.5 Å². The van der Waals surface area contributed by atoms with Crippen LogP contribution in [0.15, 0.2) is 12.7 Å². The summed E-state index contributed by atoms with van der Waals surface area (Å²) in [5, 5.41) is 9.72. The van der Waals surface area contributed by atoms with Gasteiger partial charge in [0.1, 0.15) is 19.3 Å². The maximum atomic E-state index is 12.5. The highest BCUT2D eigenvalue weighted by Crippen LogP contribution is 2.40. The summed E-state index contributed by atoms with van der Waals surface area (Å²) < 4.78 is 14.7. The zero-order valence-corrected chi connectivity index (χ0v) is 15.8. The molecule has 0 rings (SSSR count). The molecule has 3 unspecified atom stereocenters. The summed E-state index contributed by atoms with van der Waals surface area (Å²) in [4.78, 5) is 35.5. The van der Waals surface area contributed by atoms with Gasteiger partial charge in [0.25, 0.3) is 0 Å². The summed E-state index contributed by atoms with van der Waals surface area (Å²) in [6.45, 7) is 9.80. The van der Waals surface area contributed by atoms with Gasteiger partial charge in [0.05, 0.1) is 17.9 Å². The third kappa shape index (κ3) is 6.86. The average Bonchev–Trinajstić information content (AvgIpc) is 2.62. The second-order valence-electron chi connectivity index (χ2n) is 6.58. The molecular weight excluding hydrogens is 328 g/mol. The Kier molecular flexibility index (Phi) is 9.41. The van der Waals surface area contributed by atoms with E-state index in [2.05, 4.69) is 11.3 Å². The largest absolute Gasteiger partial charge is 0.469 e. The van der Waals surface area contributed by atoms with Gasteiger partial charge < -0.3 is 19.3 Å². The van der Waals surface area contributed by atoms with Gasteiger partial charge in [-0.15, -0.1) is 0 Å². The number of ether oxygens (including phenoxy) is 3. The van der Waals surface area contributed by atoms with Crippen LogP contribution in [0.25, 0.3) is 0 Å². The molecule has 0 aromatic rings. The van der Waals surface area contributed by atoms with Gasteiger partial charge in [0.2, 0.25) is 0 Å². The fraction of sp³-hybridized carbons (Fsp3) is 0.722. The van der Waals surface area contributed by atoms with E-state index in [1.165, 1.54) is 7.11 Å². The fourth-order valence-electron chi connectivity index (χ4n) is 2.42. The molecule has 144 valence electrons. The Morgan fingerprint density at radius 1 is 1.04 bits per heavy atom. The number of esters is 3. The molecule has 25 heavy (non-hydrogen) atoms. The average molecular weight is 358 g/mol. The number of rotatable bonds is 11. The summed E-state index contributed by atoms with van der Waals surface area (Å²) in [6.07, 6.45) is 1.08. The van der Waals surface area contributed by atoms with Crippen LogP contribution in [0.2, 0.25) is 0 Å². The normalized spacial score (nSPS) is 16.7. The zero-order chi connectivity index (χ0) is 19.7. The van der Waals surface area contributed by atoms with E-state index in [0.29, 0.717) is 12.8 Å². The van der Waals surface area contributed by atoms with E-state index in [1.807, 2.05) is 13.8 Å². The molecule has 1 N–H and O–H groups in total. The molecule has 0 aromatic heterocycles. The van der Waals surface area contributed by atoms with E-state index >= 15 is 0 Å². The van der Waals surface area contributed by atoms with Crippen molar-refractivity contribution in [2.24, 2.45) is 10.8 Å². The monoisotopic (exact) mass is 358 g/mol. The third-order valence-corrected chi connectivity index (χ3v) is 4.50. The lowest BCUT2D eigenvalue weighted by Crippen LogP contribution is -2.40. The van der Waals surface area contributed by atoms with Gasteiger partial charge in [0, 0.05) is 6.08 Å². The van der Waals surface area contributed by atoms with Gasteiger partial charge in [-0.05, 0) is 33.1 Å². The second-order valence-corrected chi connectivity index (χ2v) is 6.58. The van der Waals surface area contributed by atoms with Crippen LogP contribution < -0.4 is 0 Å². The summed E-state index contributed by atoms with van der Waals surface area (Å²) in [5.74, 6) is -1.56. The Morgan fingerprint density at radius 3 is 1.96 bits per heavy atom. The number of carbonyl (C=O) groups is 3. The second kappa shape index (κ2) is 10.2. The van der Waals surface area contributed by atoms with Crippen molar-refractivity contribution in [1.82, 2.24) is 0 Å². The molecule has 0 saturated carbocycles. The van der Waals surface area contributed by atoms with Gasteiger partial charge in [0.15, 0.2) is 0 Å². The molecule has 3 atom stereocenters. The Labute approximate surface area is 149 Å². The van der Waals surface area contributed by atoms with E-state index in [1.54, 1.807) is 13.8 Å². The maximum Gasteiger partial charge on any atom is 0.330 e. The molecule has 0 amide bonds. The highest BCUT2D eigenvalue weighted by atomic mass is 16.6. The topological polar surface area (TPSA) is 99.1 Å². The summed E-state index contributed by atoms with van der Waals surface area (Å²) >= 11 is 0. The molecule has 0 bridgehead atoms. The molecule has 0 aliphatic heterocycles. The SMILES string of the molecule is C=CC(=O)OCC(O)COC(=O)C(C)(CC)CC(C)(CC)C(=O)OC. The maximum absolute atomic E-state index is 12.5. The summed E-state index contributed by atoms with van der Waals surface area (Å²) in [7, 11) is 1.32. The highest BCUT2D eigenvalue weighted by molar-refractivity contribution is 5.81. The van der Waals surface area contributed by atoms with E-state index in [-0.39, 0.29) is 25.6 Å². The van der Waals surface area contributed by atoms with Crippen molar-refractivity contribution < 1.29 is 33.7 Å². The standard InChI is InChI=1S/C18H30O7/c1-7-14(20)24-10-13(19)11-25-16(22)18(5,9-3)12-17(4,8-2)15(21)23-6/h7,13,19H,1,8-12H2,2-6H3. The number of hydrogen-bond donors (Lipinski definition) is 1. The Hall–Kier alpha value is -1.89. The quantitative estimate of drug-likeness (QED) is 0.343. The number of aliphatic hydroxyl groups excluding tert-OH is 1. The molecular formula is C18H30O7.